The van der Waals surface area contributed by atoms with E-state index in [1.807, 2.05) is 35.2 Å². The fraction of sp³-hybridized carbons (Fsp3) is 0.435. The highest BCUT2D eigenvalue weighted by Gasteiger charge is 2.22. The minimum Gasteiger partial charge on any atom is -0.495 e. The molecule has 1 fully saturated rings. The molecule has 156 valence electrons. The Labute approximate surface area is 173 Å². The van der Waals surface area contributed by atoms with E-state index in [4.69, 9.17) is 9.47 Å². The molecule has 29 heavy (non-hydrogen) atoms. The normalized spacial score (nSPS) is 14.1. The molecule has 1 aliphatic heterocycles. The molecule has 0 atom stereocenters. The number of ether oxygens (including phenoxy) is 2. The van der Waals surface area contributed by atoms with Crippen molar-refractivity contribution in [3.8, 4) is 11.5 Å². The number of nitrogens with one attached hydrogen (secondary N) is 1. The number of benzene rings is 2. The third-order valence-corrected chi connectivity index (χ3v) is 5.16. The monoisotopic (exact) mass is 397 g/mol. The third kappa shape index (κ3) is 5.56. The highest BCUT2D eigenvalue weighted by Crippen LogP contribution is 2.28. The van der Waals surface area contributed by atoms with Gasteiger partial charge in [-0.05, 0) is 35.7 Å². The van der Waals surface area contributed by atoms with Crippen LogP contribution >= 0.6 is 0 Å². The van der Waals surface area contributed by atoms with Gasteiger partial charge in [-0.25, -0.2) is 4.79 Å². The first-order valence-electron chi connectivity index (χ1n) is 10.2. The maximum atomic E-state index is 12.4. The van der Waals surface area contributed by atoms with Gasteiger partial charge in [-0.3, -0.25) is 0 Å². The lowest BCUT2D eigenvalue weighted by Gasteiger charge is -2.36. The number of nitrogens with zero attached hydrogens (tertiary/aromatic N) is 2. The SMILES string of the molecule is COc1ccccc1N1CCN(C(=O)NCCOc2cccc(C(C)C)c2)CC1. The second-order valence-corrected chi connectivity index (χ2v) is 7.45. The Hall–Kier alpha value is -2.89. The number of methoxy groups -OCH3 is 1. The lowest BCUT2D eigenvalue weighted by atomic mass is 10.0. The fourth-order valence-electron chi connectivity index (χ4n) is 3.44. The third-order valence-electron chi connectivity index (χ3n) is 5.16. The van der Waals surface area contributed by atoms with Crippen LogP contribution in [0.4, 0.5) is 10.5 Å². The van der Waals surface area contributed by atoms with Crippen LogP contribution in [0.25, 0.3) is 0 Å². The highest BCUT2D eigenvalue weighted by molar-refractivity contribution is 5.74. The lowest BCUT2D eigenvalue weighted by molar-refractivity contribution is 0.191. The second kappa shape index (κ2) is 10.0. The molecule has 2 aromatic carbocycles. The summed E-state index contributed by atoms with van der Waals surface area (Å²) in [4.78, 5) is 16.5. The topological polar surface area (TPSA) is 54.0 Å². The number of para-hydroxylation sites is 2. The van der Waals surface area contributed by atoms with Crippen LogP contribution in [-0.2, 0) is 0 Å². The van der Waals surface area contributed by atoms with Gasteiger partial charge in [0.05, 0.1) is 19.3 Å². The summed E-state index contributed by atoms with van der Waals surface area (Å²) >= 11 is 0. The number of carbonyl (C=O) groups excluding carboxylic acids is 1. The van der Waals surface area contributed by atoms with E-state index in [1.165, 1.54) is 5.56 Å². The molecular formula is C23H31N3O3. The standard InChI is InChI=1S/C23H31N3O3/c1-18(2)19-7-6-8-20(17-19)29-16-11-24-23(27)26-14-12-25(13-15-26)21-9-4-5-10-22(21)28-3/h4-10,17-18H,11-16H2,1-3H3,(H,24,27). The van der Waals surface area contributed by atoms with E-state index >= 15 is 0 Å². The minimum absolute atomic E-state index is 0.0378. The fourth-order valence-corrected chi connectivity index (χ4v) is 3.44. The predicted octanol–water partition coefficient (Wildman–Crippen LogP) is 3.73. The number of carbonyl (C=O) groups is 1. The lowest BCUT2D eigenvalue weighted by Crippen LogP contribution is -2.52. The zero-order valence-corrected chi connectivity index (χ0v) is 17.6. The molecule has 2 amide bonds. The Morgan fingerprint density at radius 1 is 1.07 bits per heavy atom. The molecule has 0 aliphatic carbocycles. The van der Waals surface area contributed by atoms with E-state index in [1.54, 1.807) is 7.11 Å². The number of amides is 2. The molecule has 1 aliphatic rings. The Bertz CT molecular complexity index is 801. The van der Waals surface area contributed by atoms with Gasteiger partial charge >= 0.3 is 6.03 Å². The summed E-state index contributed by atoms with van der Waals surface area (Å²) in [6.45, 7) is 8.19. The molecule has 0 unspecified atom stereocenters. The molecule has 3 rings (SSSR count). The van der Waals surface area contributed by atoms with Crippen molar-refractivity contribution >= 4 is 11.7 Å². The van der Waals surface area contributed by atoms with Gasteiger partial charge in [-0.2, -0.15) is 0 Å². The van der Waals surface area contributed by atoms with E-state index in [2.05, 4.69) is 42.3 Å². The Morgan fingerprint density at radius 2 is 1.83 bits per heavy atom. The largest absolute Gasteiger partial charge is 0.495 e. The van der Waals surface area contributed by atoms with Gasteiger partial charge < -0.3 is 24.6 Å². The summed E-state index contributed by atoms with van der Waals surface area (Å²) in [6.07, 6.45) is 0. The summed E-state index contributed by atoms with van der Waals surface area (Å²) in [6, 6.07) is 16.1. The smallest absolute Gasteiger partial charge is 0.317 e. The first-order chi connectivity index (χ1) is 14.1. The molecule has 2 aromatic rings. The maximum Gasteiger partial charge on any atom is 0.317 e. The van der Waals surface area contributed by atoms with Crippen molar-refractivity contribution in [2.45, 2.75) is 19.8 Å². The highest BCUT2D eigenvalue weighted by atomic mass is 16.5. The molecule has 1 saturated heterocycles. The van der Waals surface area contributed by atoms with Crippen LogP contribution in [0, 0.1) is 0 Å². The van der Waals surface area contributed by atoms with Crippen molar-refractivity contribution < 1.29 is 14.3 Å². The zero-order chi connectivity index (χ0) is 20.6. The summed E-state index contributed by atoms with van der Waals surface area (Å²) in [7, 11) is 1.68. The number of anilines is 1. The first-order valence-corrected chi connectivity index (χ1v) is 10.2. The van der Waals surface area contributed by atoms with Crippen LogP contribution < -0.4 is 19.7 Å². The van der Waals surface area contributed by atoms with Crippen molar-refractivity contribution in [1.82, 2.24) is 10.2 Å². The van der Waals surface area contributed by atoms with Crippen LogP contribution in [0.5, 0.6) is 11.5 Å². The van der Waals surface area contributed by atoms with Crippen molar-refractivity contribution in [3.63, 3.8) is 0 Å². The number of rotatable bonds is 7. The Morgan fingerprint density at radius 3 is 2.55 bits per heavy atom. The van der Waals surface area contributed by atoms with Crippen molar-refractivity contribution in [3.05, 3.63) is 54.1 Å². The molecule has 6 heteroatoms. The van der Waals surface area contributed by atoms with Crippen LogP contribution in [-0.4, -0.2) is 57.4 Å². The molecule has 0 radical (unpaired) electrons. The summed E-state index contributed by atoms with van der Waals surface area (Å²) < 4.78 is 11.2. The van der Waals surface area contributed by atoms with E-state index < -0.39 is 0 Å². The van der Waals surface area contributed by atoms with Gasteiger partial charge in [0.15, 0.2) is 0 Å². The van der Waals surface area contributed by atoms with Crippen molar-refractivity contribution in [2.75, 3.05) is 51.3 Å². The van der Waals surface area contributed by atoms with E-state index in [-0.39, 0.29) is 6.03 Å². The zero-order valence-electron chi connectivity index (χ0n) is 17.6. The summed E-state index contributed by atoms with van der Waals surface area (Å²) in [5.74, 6) is 2.17. The molecule has 6 nitrogen and oxygen atoms in total. The van der Waals surface area contributed by atoms with E-state index in [9.17, 15) is 4.79 Å². The van der Waals surface area contributed by atoms with E-state index in [0.717, 1.165) is 30.3 Å². The molecule has 0 saturated carbocycles. The number of urea groups is 1. The van der Waals surface area contributed by atoms with Crippen LogP contribution in [0.2, 0.25) is 0 Å². The Kier molecular flexibility index (Phi) is 7.22. The quantitative estimate of drug-likeness (QED) is 0.724. The minimum atomic E-state index is -0.0378. The molecule has 1 N–H and O–H groups in total. The van der Waals surface area contributed by atoms with Gasteiger partial charge in [0.25, 0.3) is 0 Å². The average molecular weight is 398 g/mol. The van der Waals surface area contributed by atoms with Gasteiger partial charge in [-0.15, -0.1) is 0 Å². The van der Waals surface area contributed by atoms with Gasteiger partial charge in [0.2, 0.25) is 0 Å². The van der Waals surface area contributed by atoms with Gasteiger partial charge in [-0.1, -0.05) is 38.1 Å². The summed E-state index contributed by atoms with van der Waals surface area (Å²) in [5, 5.41) is 2.96. The molecule has 1 heterocycles. The Balaban J connectivity index is 1.40. The van der Waals surface area contributed by atoms with Crippen molar-refractivity contribution in [2.24, 2.45) is 0 Å². The number of hydrogen-bond donors (Lipinski definition) is 1. The molecule has 0 aromatic heterocycles. The second-order valence-electron chi connectivity index (χ2n) is 7.45. The van der Waals surface area contributed by atoms with Gasteiger partial charge in [0, 0.05) is 26.2 Å². The van der Waals surface area contributed by atoms with Crippen molar-refractivity contribution in [1.29, 1.82) is 0 Å². The molecular weight excluding hydrogens is 366 g/mol. The van der Waals surface area contributed by atoms with Gasteiger partial charge in [0.1, 0.15) is 18.1 Å². The number of hydrogen-bond acceptors (Lipinski definition) is 4. The average Bonchev–Trinajstić information content (AvgIpc) is 2.77. The first kappa shape index (κ1) is 20.8. The van der Waals surface area contributed by atoms with E-state index in [0.29, 0.717) is 32.2 Å². The number of piperazine rings is 1. The summed E-state index contributed by atoms with van der Waals surface area (Å²) in [5.41, 5.74) is 2.33. The maximum absolute atomic E-state index is 12.4. The van der Waals surface area contributed by atoms with Crippen LogP contribution in [0.15, 0.2) is 48.5 Å². The predicted molar refractivity (Wildman–Crippen MR) is 116 cm³/mol. The van der Waals surface area contributed by atoms with Crippen LogP contribution in [0.1, 0.15) is 25.3 Å². The van der Waals surface area contributed by atoms with Crippen LogP contribution in [0.3, 0.4) is 0 Å². The molecule has 0 spiro atoms. The molecule has 0 bridgehead atoms.